The van der Waals surface area contributed by atoms with Crippen molar-refractivity contribution in [1.82, 2.24) is 4.90 Å². The van der Waals surface area contributed by atoms with E-state index >= 15 is 0 Å². The maximum Gasteiger partial charge on any atom is 0.231 e. The molecule has 1 spiro atoms. The summed E-state index contributed by atoms with van der Waals surface area (Å²) in [6, 6.07) is 17.6. The van der Waals surface area contributed by atoms with Gasteiger partial charge in [0.05, 0.1) is 12.0 Å². The molecule has 37 heavy (non-hydrogen) atoms. The van der Waals surface area contributed by atoms with Gasteiger partial charge in [-0.3, -0.25) is 4.79 Å². The van der Waals surface area contributed by atoms with Crippen molar-refractivity contribution in [2.45, 2.75) is 83.9 Å². The Labute approximate surface area is 226 Å². The van der Waals surface area contributed by atoms with Crippen LogP contribution in [0, 0.1) is 11.3 Å². The summed E-state index contributed by atoms with van der Waals surface area (Å²) in [5, 5.41) is 0. The molecule has 1 fully saturated rings. The van der Waals surface area contributed by atoms with E-state index in [1.54, 1.807) is 11.1 Å². The molecule has 1 amide bonds. The van der Waals surface area contributed by atoms with Crippen LogP contribution in [-0.4, -0.2) is 52.1 Å². The Bertz CT molecular complexity index is 1100. The quantitative estimate of drug-likeness (QED) is 0.407. The van der Waals surface area contributed by atoms with Crippen LogP contribution in [0.3, 0.4) is 0 Å². The number of fused-ring (bicyclic) bond motifs is 3. The molecule has 2 atom stereocenters. The second kappa shape index (κ2) is 10.7. The van der Waals surface area contributed by atoms with E-state index in [0.717, 1.165) is 44.7 Å². The monoisotopic (exact) mass is 517 g/mol. The lowest BCUT2D eigenvalue weighted by molar-refractivity contribution is -0.123. The van der Waals surface area contributed by atoms with E-state index in [-0.39, 0.29) is 17.4 Å². The lowest BCUT2D eigenvalue weighted by atomic mass is 9.73. The average Bonchev–Trinajstić information content (AvgIpc) is 3.22. The molecule has 199 valence electrons. The van der Waals surface area contributed by atoms with Crippen molar-refractivity contribution in [2.24, 2.45) is 11.3 Å². The fourth-order valence-electron chi connectivity index (χ4n) is 6.97. The van der Waals surface area contributed by atoms with E-state index in [2.05, 4.69) is 92.2 Å². The molecule has 2 unspecified atom stereocenters. The fourth-order valence-corrected chi connectivity index (χ4v) is 8.01. The predicted molar refractivity (Wildman–Crippen MR) is 155 cm³/mol. The van der Waals surface area contributed by atoms with Crippen molar-refractivity contribution in [3.8, 4) is 0 Å². The number of aryl methyl sites for hydroxylation is 1. The molecular formula is C32H45N2O2Si. The minimum atomic E-state index is -0.809. The third-order valence-electron chi connectivity index (χ3n) is 9.08. The van der Waals surface area contributed by atoms with Gasteiger partial charge in [-0.1, -0.05) is 63.2 Å². The van der Waals surface area contributed by atoms with Crippen LogP contribution in [-0.2, 0) is 27.5 Å². The van der Waals surface area contributed by atoms with Crippen molar-refractivity contribution in [1.29, 1.82) is 0 Å². The van der Waals surface area contributed by atoms with Gasteiger partial charge in [-0.15, -0.1) is 0 Å². The normalized spacial score (nSPS) is 22.4. The van der Waals surface area contributed by atoms with Gasteiger partial charge in [0.2, 0.25) is 14.9 Å². The zero-order valence-corrected chi connectivity index (χ0v) is 24.6. The van der Waals surface area contributed by atoms with Crippen molar-refractivity contribution < 1.29 is 9.22 Å². The Balaban J connectivity index is 1.27. The smallest absolute Gasteiger partial charge is 0.231 e. The highest BCUT2D eigenvalue weighted by molar-refractivity contribution is 6.48. The number of para-hydroxylation sites is 1. The van der Waals surface area contributed by atoms with Gasteiger partial charge in [-0.2, -0.15) is 0 Å². The third kappa shape index (κ3) is 5.60. The summed E-state index contributed by atoms with van der Waals surface area (Å²) in [5.74, 6) is 0.335. The number of carbonyl (C=O) groups is 1. The largest absolute Gasteiger partial charge is 0.414 e. The van der Waals surface area contributed by atoms with Gasteiger partial charge in [0.25, 0.3) is 0 Å². The first-order valence-electron chi connectivity index (χ1n) is 14.3. The molecule has 0 N–H and O–H groups in total. The summed E-state index contributed by atoms with van der Waals surface area (Å²) >= 11 is 0. The number of likely N-dealkylation sites (tertiary alicyclic amines) is 1. The highest BCUT2D eigenvalue weighted by Crippen LogP contribution is 2.46. The van der Waals surface area contributed by atoms with Crippen LogP contribution in [0.1, 0.15) is 63.1 Å². The standard InChI is InChI=1S/C32H45N2O2Si/c1-31(2,3)29(36-37(4)5)15-19-34-28-13-9-7-11-25(28)22-26(30(34)35)23-33-20-17-32(18-21-33)16-14-24-10-6-8-12-27(24)32/h6-13,26,29H,14-23H2,1-5H3. The minimum Gasteiger partial charge on any atom is -0.414 e. The summed E-state index contributed by atoms with van der Waals surface area (Å²) in [6.45, 7) is 15.0. The zero-order chi connectivity index (χ0) is 26.2. The fraction of sp³-hybridized carbons (Fsp3) is 0.594. The molecule has 2 aliphatic heterocycles. The van der Waals surface area contributed by atoms with Crippen molar-refractivity contribution in [2.75, 3.05) is 31.1 Å². The van der Waals surface area contributed by atoms with E-state index in [9.17, 15) is 4.79 Å². The second-order valence-electron chi connectivity index (χ2n) is 12.9. The maximum absolute atomic E-state index is 13.9. The summed E-state index contributed by atoms with van der Waals surface area (Å²) in [5.41, 5.74) is 6.00. The van der Waals surface area contributed by atoms with Crippen LogP contribution in [0.2, 0.25) is 13.1 Å². The van der Waals surface area contributed by atoms with Gasteiger partial charge in [0, 0.05) is 18.8 Å². The molecule has 1 radical (unpaired) electrons. The third-order valence-corrected chi connectivity index (χ3v) is 9.83. The highest BCUT2D eigenvalue weighted by Gasteiger charge is 2.42. The van der Waals surface area contributed by atoms with Crippen LogP contribution in [0.5, 0.6) is 0 Å². The number of carbonyl (C=O) groups excluding carboxylic acids is 1. The SMILES string of the molecule is C[Si](C)OC(CCN1C(=O)C(CN2CCC3(CCc4ccccc43)CC2)Cc2ccccc21)C(C)(C)C. The summed E-state index contributed by atoms with van der Waals surface area (Å²) < 4.78 is 6.40. The summed E-state index contributed by atoms with van der Waals surface area (Å²) in [7, 11) is -0.809. The van der Waals surface area contributed by atoms with Gasteiger partial charge in [-0.05, 0) is 98.3 Å². The number of hydrogen-bond donors (Lipinski definition) is 0. The van der Waals surface area contributed by atoms with Gasteiger partial charge >= 0.3 is 0 Å². The van der Waals surface area contributed by atoms with E-state index in [1.807, 2.05) is 0 Å². The zero-order valence-electron chi connectivity index (χ0n) is 23.6. The number of benzene rings is 2. The Hall–Kier alpha value is -1.95. The Kier molecular flexibility index (Phi) is 7.68. The molecule has 0 aromatic heterocycles. The number of piperidine rings is 1. The molecule has 0 bridgehead atoms. The molecule has 5 heteroatoms. The molecule has 2 aromatic carbocycles. The Morgan fingerprint density at radius 3 is 2.38 bits per heavy atom. The van der Waals surface area contributed by atoms with Gasteiger partial charge in [-0.25, -0.2) is 0 Å². The van der Waals surface area contributed by atoms with Crippen LogP contribution in [0.4, 0.5) is 5.69 Å². The number of rotatable bonds is 7. The predicted octanol–water partition coefficient (Wildman–Crippen LogP) is 6.24. The second-order valence-corrected chi connectivity index (χ2v) is 15.0. The molecule has 1 saturated heterocycles. The molecule has 2 heterocycles. The minimum absolute atomic E-state index is 0.0331. The van der Waals surface area contributed by atoms with Gasteiger partial charge in [0.15, 0.2) is 0 Å². The number of amides is 1. The van der Waals surface area contributed by atoms with E-state index in [1.165, 1.54) is 31.2 Å². The maximum atomic E-state index is 13.9. The van der Waals surface area contributed by atoms with Crippen LogP contribution < -0.4 is 4.90 Å². The summed E-state index contributed by atoms with van der Waals surface area (Å²) in [6.07, 6.45) is 6.83. The molecule has 3 aliphatic rings. The van der Waals surface area contributed by atoms with Gasteiger partial charge in [0.1, 0.15) is 0 Å². The van der Waals surface area contributed by atoms with Crippen LogP contribution in [0.15, 0.2) is 48.5 Å². The molecule has 4 nitrogen and oxygen atoms in total. The molecular weight excluding hydrogens is 472 g/mol. The lowest BCUT2D eigenvalue weighted by Crippen LogP contribution is -2.50. The molecule has 2 aromatic rings. The van der Waals surface area contributed by atoms with E-state index in [4.69, 9.17) is 4.43 Å². The first-order valence-corrected chi connectivity index (χ1v) is 16.7. The summed E-state index contributed by atoms with van der Waals surface area (Å²) in [4.78, 5) is 18.6. The van der Waals surface area contributed by atoms with Crippen molar-refractivity contribution in [3.05, 3.63) is 65.2 Å². The van der Waals surface area contributed by atoms with Crippen molar-refractivity contribution >= 4 is 20.6 Å². The average molecular weight is 518 g/mol. The first kappa shape index (κ1) is 26.6. The Morgan fingerprint density at radius 1 is 1.00 bits per heavy atom. The number of hydrogen-bond acceptors (Lipinski definition) is 3. The van der Waals surface area contributed by atoms with E-state index < -0.39 is 9.04 Å². The van der Waals surface area contributed by atoms with E-state index in [0.29, 0.717) is 11.3 Å². The van der Waals surface area contributed by atoms with Crippen LogP contribution in [0.25, 0.3) is 0 Å². The highest BCUT2D eigenvalue weighted by atomic mass is 28.3. The lowest BCUT2D eigenvalue weighted by Gasteiger charge is -2.43. The molecule has 0 saturated carbocycles. The number of nitrogens with zero attached hydrogens (tertiary/aromatic N) is 2. The van der Waals surface area contributed by atoms with Gasteiger partial charge < -0.3 is 14.2 Å². The molecule has 5 rings (SSSR count). The first-order chi connectivity index (χ1) is 17.7. The van der Waals surface area contributed by atoms with Crippen LogP contribution >= 0.6 is 0 Å². The van der Waals surface area contributed by atoms with Crippen molar-refractivity contribution in [3.63, 3.8) is 0 Å². The number of anilines is 1. The molecule has 1 aliphatic carbocycles. The Morgan fingerprint density at radius 2 is 1.68 bits per heavy atom. The topological polar surface area (TPSA) is 32.8 Å².